The van der Waals surface area contributed by atoms with Crippen LogP contribution in [0.1, 0.15) is 11.1 Å². The van der Waals surface area contributed by atoms with E-state index in [9.17, 15) is 0 Å². The van der Waals surface area contributed by atoms with Gasteiger partial charge in [0.25, 0.3) is 0 Å². The van der Waals surface area contributed by atoms with Gasteiger partial charge in [0.15, 0.2) is 0 Å². The van der Waals surface area contributed by atoms with Crippen molar-refractivity contribution in [3.05, 3.63) is 65.7 Å². The van der Waals surface area contributed by atoms with Crippen molar-refractivity contribution in [2.75, 3.05) is 12.3 Å². The third kappa shape index (κ3) is 3.93. The van der Waals surface area contributed by atoms with Crippen LogP contribution in [0.2, 0.25) is 0 Å². The summed E-state index contributed by atoms with van der Waals surface area (Å²) in [7, 11) is 0. The number of hydrogen-bond acceptors (Lipinski definition) is 2. The molecule has 0 aromatic heterocycles. The van der Waals surface area contributed by atoms with E-state index in [1.54, 1.807) is 0 Å². The summed E-state index contributed by atoms with van der Waals surface area (Å²) in [4.78, 5) is 0. The van der Waals surface area contributed by atoms with Gasteiger partial charge in [0, 0.05) is 5.69 Å². The normalized spacial score (nSPS) is 10.4. The molecule has 0 spiro atoms. The summed E-state index contributed by atoms with van der Waals surface area (Å²) in [5.41, 5.74) is 8.91. The highest BCUT2D eigenvalue weighted by Gasteiger charge is 1.95. The van der Waals surface area contributed by atoms with Crippen LogP contribution in [-0.4, -0.2) is 6.61 Å². The summed E-state index contributed by atoms with van der Waals surface area (Å²) in [6.07, 6.45) is 0.948. The molecule has 2 heteroatoms. The molecule has 0 aliphatic heterocycles. The molecule has 17 heavy (non-hydrogen) atoms. The van der Waals surface area contributed by atoms with Crippen molar-refractivity contribution >= 4 is 5.69 Å². The molecule has 88 valence electrons. The zero-order valence-electron chi connectivity index (χ0n) is 9.80. The van der Waals surface area contributed by atoms with Crippen molar-refractivity contribution in [1.82, 2.24) is 0 Å². The van der Waals surface area contributed by atoms with Crippen LogP contribution in [0.5, 0.6) is 0 Å². The molecule has 2 nitrogen and oxygen atoms in total. The number of ether oxygens (including phenoxy) is 1. The first-order chi connectivity index (χ1) is 8.34. The first-order valence-corrected chi connectivity index (χ1v) is 5.81. The van der Waals surface area contributed by atoms with Gasteiger partial charge in [-0.25, -0.2) is 0 Å². The summed E-state index contributed by atoms with van der Waals surface area (Å²) >= 11 is 0. The fourth-order valence-electron chi connectivity index (χ4n) is 1.71. The van der Waals surface area contributed by atoms with Crippen LogP contribution in [0.15, 0.2) is 54.6 Å². The molecule has 2 rings (SSSR count). The molecule has 0 unspecified atom stereocenters. The molecule has 0 heterocycles. The maximum Gasteiger partial charge on any atom is 0.0717 e. The van der Waals surface area contributed by atoms with Gasteiger partial charge < -0.3 is 10.5 Å². The van der Waals surface area contributed by atoms with Gasteiger partial charge in [0.1, 0.15) is 0 Å². The van der Waals surface area contributed by atoms with E-state index in [0.717, 1.165) is 24.3 Å². The lowest BCUT2D eigenvalue weighted by atomic mass is 10.2. The molecule has 2 aromatic rings. The highest BCUT2D eigenvalue weighted by Crippen LogP contribution is 2.08. The van der Waals surface area contributed by atoms with E-state index >= 15 is 0 Å². The van der Waals surface area contributed by atoms with Crippen LogP contribution in [0, 0.1) is 0 Å². The molecular formula is C15H17NO. The summed E-state index contributed by atoms with van der Waals surface area (Å²) < 4.78 is 5.62. The van der Waals surface area contributed by atoms with Crippen LogP contribution >= 0.6 is 0 Å². The Morgan fingerprint density at radius 2 is 1.65 bits per heavy atom. The first-order valence-electron chi connectivity index (χ1n) is 5.81. The lowest BCUT2D eigenvalue weighted by Gasteiger charge is -2.05. The molecule has 0 atom stereocenters. The predicted octanol–water partition coefficient (Wildman–Crippen LogP) is 3.03. The van der Waals surface area contributed by atoms with Gasteiger partial charge >= 0.3 is 0 Å². The van der Waals surface area contributed by atoms with E-state index in [-0.39, 0.29) is 0 Å². The van der Waals surface area contributed by atoms with Crippen LogP contribution < -0.4 is 5.73 Å². The summed E-state index contributed by atoms with van der Waals surface area (Å²) in [5.74, 6) is 0. The van der Waals surface area contributed by atoms with Gasteiger partial charge in [-0.3, -0.25) is 0 Å². The topological polar surface area (TPSA) is 35.2 Å². The minimum atomic E-state index is 0.623. The fraction of sp³-hybridized carbons (Fsp3) is 0.200. The zero-order valence-corrected chi connectivity index (χ0v) is 9.80. The lowest BCUT2D eigenvalue weighted by Crippen LogP contribution is -1.99. The molecule has 0 saturated heterocycles. The van der Waals surface area contributed by atoms with Crippen molar-refractivity contribution in [3.8, 4) is 0 Å². The number of benzene rings is 2. The minimum Gasteiger partial charge on any atom is -0.399 e. The molecule has 0 amide bonds. The molecule has 0 fully saturated rings. The van der Waals surface area contributed by atoms with Crippen molar-refractivity contribution in [1.29, 1.82) is 0 Å². The Labute approximate surface area is 102 Å². The van der Waals surface area contributed by atoms with Crippen LogP contribution in [0.3, 0.4) is 0 Å². The Kier molecular flexibility index (Phi) is 4.17. The number of nitrogen functional groups attached to an aromatic ring is 1. The highest BCUT2D eigenvalue weighted by atomic mass is 16.5. The number of rotatable bonds is 5. The molecule has 0 aliphatic carbocycles. The van der Waals surface area contributed by atoms with Gasteiger partial charge in [-0.2, -0.15) is 0 Å². The monoisotopic (exact) mass is 227 g/mol. The highest BCUT2D eigenvalue weighted by molar-refractivity contribution is 5.40. The van der Waals surface area contributed by atoms with Gasteiger partial charge in [0.2, 0.25) is 0 Å². The van der Waals surface area contributed by atoms with Crippen LogP contribution in [0.4, 0.5) is 5.69 Å². The smallest absolute Gasteiger partial charge is 0.0717 e. The lowest BCUT2D eigenvalue weighted by molar-refractivity contribution is 0.124. The minimum absolute atomic E-state index is 0.623. The summed E-state index contributed by atoms with van der Waals surface area (Å²) in [6, 6.07) is 18.2. The number of nitrogens with two attached hydrogens (primary N) is 1. The van der Waals surface area contributed by atoms with Crippen molar-refractivity contribution in [3.63, 3.8) is 0 Å². The molecule has 0 bridgehead atoms. The average Bonchev–Trinajstić information content (AvgIpc) is 2.36. The largest absolute Gasteiger partial charge is 0.399 e. The predicted molar refractivity (Wildman–Crippen MR) is 70.7 cm³/mol. The SMILES string of the molecule is Nc1cccc(COCCc2ccccc2)c1. The van der Waals surface area contributed by atoms with E-state index in [1.165, 1.54) is 5.56 Å². The summed E-state index contributed by atoms with van der Waals surface area (Å²) in [5, 5.41) is 0. The van der Waals surface area contributed by atoms with Crippen LogP contribution in [-0.2, 0) is 17.8 Å². The quantitative estimate of drug-likeness (QED) is 0.629. The molecule has 2 aromatic carbocycles. The Morgan fingerprint density at radius 1 is 0.882 bits per heavy atom. The van der Waals surface area contributed by atoms with E-state index in [4.69, 9.17) is 10.5 Å². The van der Waals surface area contributed by atoms with Crippen molar-refractivity contribution in [2.45, 2.75) is 13.0 Å². The third-order valence-electron chi connectivity index (χ3n) is 2.60. The van der Waals surface area contributed by atoms with Gasteiger partial charge in [-0.15, -0.1) is 0 Å². The van der Waals surface area contributed by atoms with E-state index < -0.39 is 0 Å². The Hall–Kier alpha value is -1.80. The second kappa shape index (κ2) is 6.06. The standard InChI is InChI=1S/C15H17NO/c16-15-8-4-7-14(11-15)12-17-10-9-13-5-2-1-3-6-13/h1-8,11H,9-10,12,16H2. The van der Waals surface area contributed by atoms with E-state index in [1.807, 2.05) is 42.5 Å². The maximum absolute atomic E-state index is 5.70. The average molecular weight is 227 g/mol. The fourth-order valence-corrected chi connectivity index (χ4v) is 1.71. The summed E-state index contributed by atoms with van der Waals surface area (Å²) in [6.45, 7) is 1.36. The van der Waals surface area contributed by atoms with Gasteiger partial charge in [-0.05, 0) is 29.7 Å². The number of hydrogen-bond donors (Lipinski definition) is 1. The van der Waals surface area contributed by atoms with Gasteiger partial charge in [-0.1, -0.05) is 42.5 Å². The van der Waals surface area contributed by atoms with Crippen molar-refractivity contribution in [2.24, 2.45) is 0 Å². The molecule has 0 radical (unpaired) electrons. The van der Waals surface area contributed by atoms with E-state index in [2.05, 4.69) is 12.1 Å². The molecule has 0 saturated carbocycles. The Balaban J connectivity index is 1.73. The second-order valence-corrected chi connectivity index (χ2v) is 4.03. The molecule has 0 aliphatic rings. The van der Waals surface area contributed by atoms with E-state index in [0.29, 0.717) is 6.61 Å². The van der Waals surface area contributed by atoms with Crippen LogP contribution in [0.25, 0.3) is 0 Å². The first kappa shape index (κ1) is 11.7. The Bertz CT molecular complexity index is 453. The number of anilines is 1. The zero-order chi connectivity index (χ0) is 11.9. The second-order valence-electron chi connectivity index (χ2n) is 4.03. The van der Waals surface area contributed by atoms with Crippen molar-refractivity contribution < 1.29 is 4.74 Å². The maximum atomic E-state index is 5.70. The Morgan fingerprint density at radius 3 is 2.41 bits per heavy atom. The molecule has 2 N–H and O–H groups in total. The molecular weight excluding hydrogens is 210 g/mol. The van der Waals surface area contributed by atoms with Gasteiger partial charge in [0.05, 0.1) is 13.2 Å². The third-order valence-corrected chi connectivity index (χ3v) is 2.60.